The van der Waals surface area contributed by atoms with E-state index in [1.165, 1.54) is 6.07 Å². The second-order valence-corrected chi connectivity index (χ2v) is 6.01. The molecule has 0 unspecified atom stereocenters. The molecule has 0 aromatic heterocycles. The smallest absolute Gasteiger partial charge is 0.345 e. The summed E-state index contributed by atoms with van der Waals surface area (Å²) < 4.78 is 10.7. The molecule has 3 aromatic carbocycles. The molecule has 0 heterocycles. The molecule has 0 N–H and O–H groups in total. The van der Waals surface area contributed by atoms with Gasteiger partial charge in [-0.25, -0.2) is 9.59 Å². The first kappa shape index (κ1) is 17.7. The van der Waals surface area contributed by atoms with E-state index in [1.54, 1.807) is 60.7 Å². The highest BCUT2D eigenvalue weighted by atomic mass is 35.5. The molecular weight excluding hydrogens is 352 g/mol. The normalized spacial score (nSPS) is 10.2. The van der Waals surface area contributed by atoms with E-state index >= 15 is 0 Å². The highest BCUT2D eigenvalue weighted by Gasteiger charge is 2.14. The van der Waals surface area contributed by atoms with Gasteiger partial charge in [0.1, 0.15) is 11.5 Å². The number of halogens is 1. The van der Waals surface area contributed by atoms with Crippen LogP contribution in [0.2, 0.25) is 5.02 Å². The second kappa shape index (κ2) is 7.85. The molecule has 0 bridgehead atoms. The molecule has 0 amide bonds. The van der Waals surface area contributed by atoms with Gasteiger partial charge in [0.05, 0.1) is 16.1 Å². The number of carbonyl (C=O) groups excluding carboxylic acids is 2. The number of aryl methyl sites for hydroxylation is 1. The van der Waals surface area contributed by atoms with E-state index in [2.05, 4.69) is 0 Å². The summed E-state index contributed by atoms with van der Waals surface area (Å²) >= 11 is 6.00. The summed E-state index contributed by atoms with van der Waals surface area (Å²) in [5, 5.41) is 0.305. The van der Waals surface area contributed by atoms with Crippen LogP contribution in [0.1, 0.15) is 26.3 Å². The number of ether oxygens (including phenoxy) is 2. The summed E-state index contributed by atoms with van der Waals surface area (Å²) in [7, 11) is 0. The number of benzene rings is 3. The van der Waals surface area contributed by atoms with Crippen LogP contribution in [-0.2, 0) is 0 Å². The third-order valence-electron chi connectivity index (χ3n) is 3.57. The van der Waals surface area contributed by atoms with Crippen LogP contribution < -0.4 is 9.47 Å². The first-order valence-corrected chi connectivity index (χ1v) is 8.26. The predicted octanol–water partition coefficient (Wildman–Crippen LogP) is 5.09. The number of esters is 2. The van der Waals surface area contributed by atoms with Gasteiger partial charge in [0, 0.05) is 6.07 Å². The van der Waals surface area contributed by atoms with Crippen molar-refractivity contribution < 1.29 is 19.1 Å². The van der Waals surface area contributed by atoms with Gasteiger partial charge in [-0.3, -0.25) is 0 Å². The first-order chi connectivity index (χ1) is 12.5. The van der Waals surface area contributed by atoms with Gasteiger partial charge >= 0.3 is 11.9 Å². The standard InChI is InChI=1S/C21H15ClO4/c1-14-6-4-7-15(12-14)20(23)25-16-8-5-9-17(13-16)26-21(24)18-10-2-3-11-19(18)22/h2-13H,1H3. The molecule has 0 radical (unpaired) electrons. The van der Waals surface area contributed by atoms with E-state index in [0.717, 1.165) is 5.56 Å². The monoisotopic (exact) mass is 366 g/mol. The van der Waals surface area contributed by atoms with Gasteiger partial charge in [0.2, 0.25) is 0 Å². The van der Waals surface area contributed by atoms with E-state index in [1.807, 2.05) is 13.0 Å². The first-order valence-electron chi connectivity index (χ1n) is 7.88. The minimum Gasteiger partial charge on any atom is -0.423 e. The summed E-state index contributed by atoms with van der Waals surface area (Å²) in [6, 6.07) is 20.0. The van der Waals surface area contributed by atoms with Crippen molar-refractivity contribution >= 4 is 23.5 Å². The summed E-state index contributed by atoms with van der Waals surface area (Å²) in [4.78, 5) is 24.4. The zero-order chi connectivity index (χ0) is 18.5. The van der Waals surface area contributed by atoms with Crippen molar-refractivity contribution in [1.29, 1.82) is 0 Å². The third-order valence-corrected chi connectivity index (χ3v) is 3.90. The lowest BCUT2D eigenvalue weighted by Crippen LogP contribution is -2.10. The van der Waals surface area contributed by atoms with Crippen LogP contribution in [0.3, 0.4) is 0 Å². The van der Waals surface area contributed by atoms with Crippen LogP contribution in [0.4, 0.5) is 0 Å². The molecule has 0 atom stereocenters. The Balaban J connectivity index is 1.73. The zero-order valence-corrected chi connectivity index (χ0v) is 14.7. The van der Waals surface area contributed by atoms with Crippen LogP contribution in [0.15, 0.2) is 72.8 Å². The van der Waals surface area contributed by atoms with Crippen LogP contribution in [0, 0.1) is 6.92 Å². The van der Waals surface area contributed by atoms with E-state index in [0.29, 0.717) is 10.6 Å². The van der Waals surface area contributed by atoms with Crippen molar-refractivity contribution in [1.82, 2.24) is 0 Å². The minimum absolute atomic E-state index is 0.254. The zero-order valence-electron chi connectivity index (χ0n) is 13.9. The Hall–Kier alpha value is -3.11. The lowest BCUT2D eigenvalue weighted by atomic mass is 10.1. The molecule has 0 fully saturated rings. The van der Waals surface area contributed by atoms with Gasteiger partial charge in [0.25, 0.3) is 0 Å². The Labute approximate surface area is 155 Å². The molecule has 0 spiro atoms. The molecule has 4 nitrogen and oxygen atoms in total. The van der Waals surface area contributed by atoms with Crippen molar-refractivity contribution in [3.05, 3.63) is 94.5 Å². The number of hydrogen-bond donors (Lipinski definition) is 0. The average molecular weight is 367 g/mol. The van der Waals surface area contributed by atoms with Crippen LogP contribution in [0.25, 0.3) is 0 Å². The number of carbonyl (C=O) groups is 2. The molecule has 0 aliphatic heterocycles. The molecule has 26 heavy (non-hydrogen) atoms. The van der Waals surface area contributed by atoms with Crippen LogP contribution >= 0.6 is 11.6 Å². The largest absolute Gasteiger partial charge is 0.423 e. The second-order valence-electron chi connectivity index (χ2n) is 5.60. The molecule has 0 aliphatic carbocycles. The maximum atomic E-state index is 12.2. The van der Waals surface area contributed by atoms with Crippen molar-refractivity contribution in [2.75, 3.05) is 0 Å². The minimum atomic E-state index is -0.585. The Morgan fingerprint density at radius 2 is 1.42 bits per heavy atom. The summed E-state index contributed by atoms with van der Waals surface area (Å²) in [6.45, 7) is 1.89. The average Bonchev–Trinajstić information content (AvgIpc) is 2.62. The summed E-state index contributed by atoms with van der Waals surface area (Å²) in [5.74, 6) is -0.536. The maximum Gasteiger partial charge on any atom is 0.345 e. The third kappa shape index (κ3) is 4.29. The Morgan fingerprint density at radius 3 is 2.12 bits per heavy atom. The SMILES string of the molecule is Cc1cccc(C(=O)Oc2cccc(OC(=O)c3ccccc3Cl)c2)c1. The van der Waals surface area contributed by atoms with E-state index in [4.69, 9.17) is 21.1 Å². The van der Waals surface area contributed by atoms with Crippen molar-refractivity contribution in [3.8, 4) is 11.5 Å². The van der Waals surface area contributed by atoms with Crippen LogP contribution in [-0.4, -0.2) is 11.9 Å². The van der Waals surface area contributed by atoms with Gasteiger partial charge in [-0.2, -0.15) is 0 Å². The Bertz CT molecular complexity index is 965. The lowest BCUT2D eigenvalue weighted by molar-refractivity contribution is 0.0733. The summed E-state index contributed by atoms with van der Waals surface area (Å²) in [6.07, 6.45) is 0. The van der Waals surface area contributed by atoms with Crippen molar-refractivity contribution in [2.45, 2.75) is 6.92 Å². The molecule has 0 aliphatic rings. The molecule has 130 valence electrons. The van der Waals surface area contributed by atoms with Gasteiger partial charge in [-0.1, -0.05) is 47.5 Å². The summed E-state index contributed by atoms with van der Waals surface area (Å²) in [5.41, 5.74) is 1.67. The number of rotatable bonds is 4. The van der Waals surface area contributed by atoms with Gasteiger partial charge in [-0.05, 0) is 43.3 Å². The highest BCUT2D eigenvalue weighted by molar-refractivity contribution is 6.33. The van der Waals surface area contributed by atoms with Gasteiger partial charge in [0.15, 0.2) is 0 Å². The fourth-order valence-corrected chi connectivity index (χ4v) is 2.54. The quantitative estimate of drug-likeness (QED) is 0.477. The van der Waals surface area contributed by atoms with Crippen LogP contribution in [0.5, 0.6) is 11.5 Å². The fraction of sp³-hybridized carbons (Fsp3) is 0.0476. The van der Waals surface area contributed by atoms with Crippen molar-refractivity contribution in [2.24, 2.45) is 0 Å². The number of hydrogen-bond acceptors (Lipinski definition) is 4. The predicted molar refractivity (Wildman–Crippen MR) is 99.0 cm³/mol. The fourth-order valence-electron chi connectivity index (χ4n) is 2.33. The molecular formula is C21H15ClO4. The topological polar surface area (TPSA) is 52.6 Å². The van der Waals surface area contributed by atoms with Crippen molar-refractivity contribution in [3.63, 3.8) is 0 Å². The molecule has 0 saturated carbocycles. The van der Waals surface area contributed by atoms with E-state index < -0.39 is 11.9 Å². The lowest BCUT2D eigenvalue weighted by Gasteiger charge is -2.08. The maximum absolute atomic E-state index is 12.2. The van der Waals surface area contributed by atoms with E-state index in [-0.39, 0.29) is 17.1 Å². The Kier molecular flexibility index (Phi) is 5.34. The van der Waals surface area contributed by atoms with E-state index in [9.17, 15) is 9.59 Å². The molecule has 0 saturated heterocycles. The van der Waals surface area contributed by atoms with Gasteiger partial charge in [-0.15, -0.1) is 0 Å². The molecule has 3 rings (SSSR count). The Morgan fingerprint density at radius 1 is 0.769 bits per heavy atom. The molecule has 5 heteroatoms. The molecule has 3 aromatic rings. The van der Waals surface area contributed by atoms with Gasteiger partial charge < -0.3 is 9.47 Å². The highest BCUT2D eigenvalue weighted by Crippen LogP contribution is 2.23.